The highest BCUT2D eigenvalue weighted by Crippen LogP contribution is 2.21. The Labute approximate surface area is 201 Å². The third kappa shape index (κ3) is 6.36. The van der Waals surface area contributed by atoms with Gasteiger partial charge in [0.15, 0.2) is 0 Å². The van der Waals surface area contributed by atoms with Gasteiger partial charge in [0.05, 0.1) is 4.90 Å². The fourth-order valence-electron chi connectivity index (χ4n) is 4.45. The molecule has 2 aromatic carbocycles. The van der Waals surface area contributed by atoms with Crippen LogP contribution in [0.25, 0.3) is 0 Å². The molecular weight excluding hydrogens is 452 g/mol. The van der Waals surface area contributed by atoms with Crippen molar-refractivity contribution < 1.29 is 18.0 Å². The zero-order valence-electron chi connectivity index (χ0n) is 19.3. The van der Waals surface area contributed by atoms with Crippen molar-refractivity contribution in [3.05, 3.63) is 54.1 Å². The summed E-state index contributed by atoms with van der Waals surface area (Å²) in [5.41, 5.74) is 1.46. The van der Waals surface area contributed by atoms with Gasteiger partial charge in [-0.3, -0.25) is 4.79 Å². The van der Waals surface area contributed by atoms with Crippen molar-refractivity contribution in [2.24, 2.45) is 0 Å². The lowest BCUT2D eigenvalue weighted by Gasteiger charge is -2.20. The standard InChI is InChI=1S/C25H32N4O4S/c30-24(19-8-7-11-23(18-19)34(32,33)28-22-9-3-4-10-22)26-20-12-14-21(15-13-20)27-25(31)29-16-5-1-2-6-17-29/h7-8,11-15,18,22,28H,1-6,9-10,16-17H2,(H,26,30)(H,27,31). The highest BCUT2D eigenvalue weighted by atomic mass is 32.2. The molecule has 3 amide bonds. The molecule has 0 spiro atoms. The summed E-state index contributed by atoms with van der Waals surface area (Å²) >= 11 is 0. The second-order valence-electron chi connectivity index (χ2n) is 8.99. The first kappa shape index (κ1) is 24.2. The van der Waals surface area contributed by atoms with Crippen LogP contribution >= 0.6 is 0 Å². The van der Waals surface area contributed by atoms with Crippen LogP contribution in [0.1, 0.15) is 61.7 Å². The molecule has 0 aromatic heterocycles. The van der Waals surface area contributed by atoms with Crippen LogP contribution in [0, 0.1) is 0 Å². The van der Waals surface area contributed by atoms with Gasteiger partial charge in [0.1, 0.15) is 0 Å². The molecule has 0 radical (unpaired) electrons. The number of hydrogen-bond donors (Lipinski definition) is 3. The fraction of sp³-hybridized carbons (Fsp3) is 0.440. The minimum Gasteiger partial charge on any atom is -0.325 e. The summed E-state index contributed by atoms with van der Waals surface area (Å²) in [6, 6.07) is 12.8. The van der Waals surface area contributed by atoms with E-state index in [2.05, 4.69) is 15.4 Å². The molecule has 34 heavy (non-hydrogen) atoms. The molecular formula is C25H32N4O4S. The molecule has 4 rings (SSSR count). The van der Waals surface area contributed by atoms with Crippen LogP contribution in [0.2, 0.25) is 0 Å². The summed E-state index contributed by atoms with van der Waals surface area (Å²) in [4.78, 5) is 27.1. The van der Waals surface area contributed by atoms with E-state index >= 15 is 0 Å². The van der Waals surface area contributed by atoms with Crippen LogP contribution in [0.5, 0.6) is 0 Å². The molecule has 2 aliphatic rings. The Kier molecular flexibility index (Phi) is 7.84. The Hall–Kier alpha value is -2.91. The molecule has 1 aliphatic heterocycles. The first-order valence-corrected chi connectivity index (χ1v) is 13.5. The van der Waals surface area contributed by atoms with Gasteiger partial charge in [0.25, 0.3) is 5.91 Å². The average Bonchev–Trinajstić information content (AvgIpc) is 3.17. The number of amides is 3. The van der Waals surface area contributed by atoms with Crippen LogP contribution in [-0.4, -0.2) is 44.4 Å². The Bertz CT molecular complexity index is 1100. The number of likely N-dealkylation sites (tertiary alicyclic amines) is 1. The van der Waals surface area contributed by atoms with Crippen molar-refractivity contribution in [3.8, 4) is 0 Å². The van der Waals surface area contributed by atoms with E-state index in [1.165, 1.54) is 12.1 Å². The van der Waals surface area contributed by atoms with Gasteiger partial charge >= 0.3 is 6.03 Å². The number of rotatable bonds is 6. The molecule has 0 atom stereocenters. The van der Waals surface area contributed by atoms with Gasteiger partial charge in [-0.15, -0.1) is 0 Å². The van der Waals surface area contributed by atoms with E-state index in [-0.39, 0.29) is 22.5 Å². The minimum absolute atomic E-state index is 0.0409. The summed E-state index contributed by atoms with van der Waals surface area (Å²) in [6.07, 6.45) is 8.09. The molecule has 3 N–H and O–H groups in total. The molecule has 1 saturated heterocycles. The molecule has 2 aromatic rings. The molecule has 1 heterocycles. The van der Waals surface area contributed by atoms with E-state index in [4.69, 9.17) is 0 Å². The van der Waals surface area contributed by atoms with Gasteiger partial charge in [-0.05, 0) is 68.1 Å². The molecule has 8 nitrogen and oxygen atoms in total. The Morgan fingerprint density at radius 3 is 2.06 bits per heavy atom. The van der Waals surface area contributed by atoms with Gasteiger partial charge in [-0.1, -0.05) is 31.7 Å². The van der Waals surface area contributed by atoms with Crippen molar-refractivity contribution in [2.75, 3.05) is 23.7 Å². The number of anilines is 2. The molecule has 9 heteroatoms. The molecule has 0 unspecified atom stereocenters. The number of benzene rings is 2. The second kappa shape index (κ2) is 11.0. The molecule has 2 fully saturated rings. The van der Waals surface area contributed by atoms with E-state index in [0.717, 1.165) is 64.5 Å². The summed E-state index contributed by atoms with van der Waals surface area (Å²) in [6.45, 7) is 1.54. The maximum Gasteiger partial charge on any atom is 0.321 e. The fourth-order valence-corrected chi connectivity index (χ4v) is 5.80. The third-order valence-corrected chi connectivity index (χ3v) is 7.89. The number of carbonyl (C=O) groups excluding carboxylic acids is 2. The van der Waals surface area contributed by atoms with Crippen LogP contribution in [0.15, 0.2) is 53.4 Å². The number of nitrogens with zero attached hydrogens (tertiary/aromatic N) is 1. The van der Waals surface area contributed by atoms with Gasteiger partial charge in [-0.25, -0.2) is 17.9 Å². The van der Waals surface area contributed by atoms with E-state index in [0.29, 0.717) is 11.4 Å². The summed E-state index contributed by atoms with van der Waals surface area (Å²) in [7, 11) is -3.68. The maximum atomic E-state index is 12.7. The van der Waals surface area contributed by atoms with Crippen LogP contribution in [-0.2, 0) is 10.0 Å². The van der Waals surface area contributed by atoms with Crippen molar-refractivity contribution in [1.29, 1.82) is 0 Å². The van der Waals surface area contributed by atoms with Crippen molar-refractivity contribution in [3.63, 3.8) is 0 Å². The zero-order valence-corrected chi connectivity index (χ0v) is 20.1. The number of urea groups is 1. The van der Waals surface area contributed by atoms with Crippen LogP contribution in [0.3, 0.4) is 0 Å². The van der Waals surface area contributed by atoms with Gasteiger partial charge in [0, 0.05) is 36.1 Å². The normalized spacial score (nSPS) is 17.2. The summed E-state index contributed by atoms with van der Waals surface area (Å²) in [5, 5.41) is 5.69. The molecule has 1 saturated carbocycles. The van der Waals surface area contributed by atoms with E-state index in [1.807, 2.05) is 4.90 Å². The first-order valence-electron chi connectivity index (χ1n) is 12.0. The minimum atomic E-state index is -3.68. The number of hydrogen-bond acceptors (Lipinski definition) is 4. The van der Waals surface area contributed by atoms with Gasteiger partial charge in [0.2, 0.25) is 10.0 Å². The average molecular weight is 485 g/mol. The van der Waals surface area contributed by atoms with E-state index in [1.54, 1.807) is 36.4 Å². The zero-order chi connectivity index (χ0) is 24.0. The van der Waals surface area contributed by atoms with Crippen LogP contribution in [0.4, 0.5) is 16.2 Å². The number of sulfonamides is 1. The Morgan fingerprint density at radius 1 is 0.794 bits per heavy atom. The predicted octanol–water partition coefficient (Wildman–Crippen LogP) is 4.57. The van der Waals surface area contributed by atoms with Gasteiger partial charge < -0.3 is 15.5 Å². The van der Waals surface area contributed by atoms with E-state index in [9.17, 15) is 18.0 Å². The van der Waals surface area contributed by atoms with Crippen molar-refractivity contribution >= 4 is 33.3 Å². The Balaban J connectivity index is 1.36. The van der Waals surface area contributed by atoms with Gasteiger partial charge in [-0.2, -0.15) is 0 Å². The first-order chi connectivity index (χ1) is 16.4. The SMILES string of the molecule is O=C(Nc1ccc(NC(=O)N2CCCCCC2)cc1)c1cccc(S(=O)(=O)NC2CCCC2)c1. The molecule has 182 valence electrons. The predicted molar refractivity (Wildman–Crippen MR) is 132 cm³/mol. The third-order valence-electron chi connectivity index (χ3n) is 6.37. The maximum absolute atomic E-state index is 12.7. The van der Waals surface area contributed by atoms with E-state index < -0.39 is 15.9 Å². The lowest BCUT2D eigenvalue weighted by Crippen LogP contribution is -2.35. The lowest BCUT2D eigenvalue weighted by molar-refractivity contribution is 0.102. The topological polar surface area (TPSA) is 108 Å². The quantitative estimate of drug-likeness (QED) is 0.558. The molecule has 0 bridgehead atoms. The highest BCUT2D eigenvalue weighted by Gasteiger charge is 2.23. The highest BCUT2D eigenvalue weighted by molar-refractivity contribution is 7.89. The largest absolute Gasteiger partial charge is 0.325 e. The number of nitrogens with one attached hydrogen (secondary N) is 3. The Morgan fingerprint density at radius 2 is 1.41 bits per heavy atom. The monoisotopic (exact) mass is 484 g/mol. The van der Waals surface area contributed by atoms with Crippen molar-refractivity contribution in [1.82, 2.24) is 9.62 Å². The lowest BCUT2D eigenvalue weighted by atomic mass is 10.2. The van der Waals surface area contributed by atoms with Crippen molar-refractivity contribution in [2.45, 2.75) is 62.3 Å². The molecule has 1 aliphatic carbocycles. The smallest absolute Gasteiger partial charge is 0.321 e. The summed E-state index contributed by atoms with van der Waals surface area (Å²) in [5.74, 6) is -0.403. The van der Waals surface area contributed by atoms with Crippen LogP contribution < -0.4 is 15.4 Å². The number of carbonyl (C=O) groups is 2. The second-order valence-corrected chi connectivity index (χ2v) is 10.7. The summed E-state index contributed by atoms with van der Waals surface area (Å²) < 4.78 is 28.1.